The van der Waals surface area contributed by atoms with Crippen LogP contribution in [0.1, 0.15) is 5.56 Å². The van der Waals surface area contributed by atoms with Crippen LogP contribution in [-0.2, 0) is 16.1 Å². The summed E-state index contributed by atoms with van der Waals surface area (Å²) in [6, 6.07) is 1.41. The molecule has 1 amide bonds. The molecule has 0 fully saturated rings. The van der Waals surface area contributed by atoms with E-state index in [1.54, 1.807) is 23.3 Å². The van der Waals surface area contributed by atoms with E-state index in [1.807, 2.05) is 11.4 Å². The first-order valence-corrected chi connectivity index (χ1v) is 6.44. The lowest BCUT2D eigenvalue weighted by Gasteiger charge is -2.20. The summed E-state index contributed by atoms with van der Waals surface area (Å²) in [5.41, 5.74) is 6.76. The Morgan fingerprint density at radius 1 is 1.75 bits per heavy atom. The summed E-state index contributed by atoms with van der Waals surface area (Å²) in [7, 11) is 3.27. The number of methoxy groups -OCH3 is 1. The van der Waals surface area contributed by atoms with Gasteiger partial charge in [-0.15, -0.1) is 11.3 Å². The molecule has 1 atom stereocenters. The molecule has 1 unspecified atom stereocenters. The van der Waals surface area contributed by atoms with Gasteiger partial charge in [0.15, 0.2) is 0 Å². The van der Waals surface area contributed by atoms with E-state index in [2.05, 4.69) is 15.9 Å². The quantitative estimate of drug-likeness (QED) is 0.895. The molecule has 1 heterocycles. The largest absolute Gasteiger partial charge is 0.383 e. The highest BCUT2D eigenvalue weighted by Crippen LogP contribution is 2.21. The fourth-order valence-electron chi connectivity index (χ4n) is 1.31. The van der Waals surface area contributed by atoms with Crippen molar-refractivity contribution in [3.8, 4) is 0 Å². The van der Waals surface area contributed by atoms with Gasteiger partial charge in [0.2, 0.25) is 5.91 Å². The van der Waals surface area contributed by atoms with Crippen LogP contribution < -0.4 is 5.73 Å². The van der Waals surface area contributed by atoms with Crippen molar-refractivity contribution in [2.24, 2.45) is 5.73 Å². The highest BCUT2D eigenvalue weighted by Gasteiger charge is 2.18. The van der Waals surface area contributed by atoms with Gasteiger partial charge in [0.25, 0.3) is 0 Å². The van der Waals surface area contributed by atoms with Crippen LogP contribution in [0, 0.1) is 0 Å². The maximum atomic E-state index is 11.8. The van der Waals surface area contributed by atoms with E-state index >= 15 is 0 Å². The molecule has 0 saturated heterocycles. The molecule has 0 saturated carbocycles. The molecule has 1 aromatic heterocycles. The summed E-state index contributed by atoms with van der Waals surface area (Å²) < 4.78 is 5.91. The number of hydrogen-bond acceptors (Lipinski definition) is 4. The topological polar surface area (TPSA) is 55.6 Å². The van der Waals surface area contributed by atoms with Gasteiger partial charge in [-0.05, 0) is 32.9 Å². The van der Waals surface area contributed by atoms with Crippen LogP contribution in [0.25, 0.3) is 0 Å². The zero-order valence-electron chi connectivity index (χ0n) is 9.27. The van der Waals surface area contributed by atoms with Gasteiger partial charge in [0.05, 0.1) is 10.4 Å². The highest BCUT2D eigenvalue weighted by molar-refractivity contribution is 9.11. The summed E-state index contributed by atoms with van der Waals surface area (Å²) in [5.74, 6) is -0.107. The Morgan fingerprint density at radius 3 is 2.94 bits per heavy atom. The molecule has 0 aromatic carbocycles. The average molecular weight is 307 g/mol. The van der Waals surface area contributed by atoms with Crippen molar-refractivity contribution in [1.29, 1.82) is 0 Å². The van der Waals surface area contributed by atoms with Gasteiger partial charge in [-0.1, -0.05) is 0 Å². The Bertz CT molecular complexity index is 356. The van der Waals surface area contributed by atoms with Crippen molar-refractivity contribution in [1.82, 2.24) is 4.90 Å². The monoisotopic (exact) mass is 306 g/mol. The molecule has 1 rings (SSSR count). The van der Waals surface area contributed by atoms with E-state index in [0.29, 0.717) is 6.54 Å². The number of rotatable bonds is 5. The number of amides is 1. The molecule has 0 spiro atoms. The molecular weight excluding hydrogens is 292 g/mol. The minimum absolute atomic E-state index is 0.107. The summed E-state index contributed by atoms with van der Waals surface area (Å²) in [5, 5.41) is 2.01. The number of halogens is 1. The van der Waals surface area contributed by atoms with Crippen molar-refractivity contribution in [3.05, 3.63) is 20.8 Å². The van der Waals surface area contributed by atoms with Gasteiger partial charge in [-0.3, -0.25) is 4.79 Å². The maximum Gasteiger partial charge on any atom is 0.241 e. The lowest BCUT2D eigenvalue weighted by molar-refractivity contribution is -0.132. The number of likely N-dealkylation sites (N-methyl/N-ethyl adjacent to an activating group) is 1. The number of nitrogens with zero attached hydrogens (tertiary/aromatic N) is 1. The normalized spacial score (nSPS) is 12.5. The fourth-order valence-corrected chi connectivity index (χ4v) is 2.51. The van der Waals surface area contributed by atoms with Crippen molar-refractivity contribution < 1.29 is 9.53 Å². The van der Waals surface area contributed by atoms with Crippen LogP contribution in [0.2, 0.25) is 0 Å². The highest BCUT2D eigenvalue weighted by atomic mass is 79.9. The van der Waals surface area contributed by atoms with Crippen molar-refractivity contribution in [2.45, 2.75) is 12.6 Å². The number of ether oxygens (including phenoxy) is 1. The summed E-state index contributed by atoms with van der Waals surface area (Å²) in [6.07, 6.45) is 0. The Balaban J connectivity index is 2.51. The minimum Gasteiger partial charge on any atom is -0.383 e. The number of carbonyl (C=O) groups is 1. The molecule has 0 aliphatic rings. The van der Waals surface area contributed by atoms with Gasteiger partial charge in [-0.25, -0.2) is 0 Å². The Hall–Kier alpha value is -0.430. The third-order valence-corrected chi connectivity index (χ3v) is 3.63. The van der Waals surface area contributed by atoms with E-state index in [4.69, 9.17) is 10.5 Å². The van der Waals surface area contributed by atoms with Crippen LogP contribution in [0.15, 0.2) is 15.2 Å². The molecule has 4 nitrogen and oxygen atoms in total. The van der Waals surface area contributed by atoms with Crippen molar-refractivity contribution in [2.75, 3.05) is 20.8 Å². The second-order valence-electron chi connectivity index (χ2n) is 3.52. The molecule has 2 N–H and O–H groups in total. The molecule has 16 heavy (non-hydrogen) atoms. The second-order valence-corrected chi connectivity index (χ2v) is 5.81. The molecule has 1 aromatic rings. The summed E-state index contributed by atoms with van der Waals surface area (Å²) >= 11 is 4.98. The molecule has 0 aliphatic carbocycles. The fraction of sp³-hybridized carbons (Fsp3) is 0.500. The van der Waals surface area contributed by atoms with E-state index < -0.39 is 6.04 Å². The predicted molar refractivity (Wildman–Crippen MR) is 68.3 cm³/mol. The first-order valence-electron chi connectivity index (χ1n) is 4.77. The molecule has 0 aliphatic heterocycles. The predicted octanol–water partition coefficient (Wildman–Crippen LogP) is 1.44. The standard InChI is InChI=1S/C10H15BrN2O2S/c1-13(10(14)8(12)5-15-2)4-7-3-9(11)16-6-7/h3,6,8H,4-5,12H2,1-2H3. The van der Waals surface area contributed by atoms with Crippen LogP contribution >= 0.6 is 27.3 Å². The number of nitrogens with two attached hydrogens (primary N) is 1. The summed E-state index contributed by atoms with van der Waals surface area (Å²) in [6.45, 7) is 0.814. The third kappa shape index (κ3) is 3.86. The molecule has 0 bridgehead atoms. The second kappa shape index (κ2) is 6.34. The van der Waals surface area contributed by atoms with Gasteiger partial charge >= 0.3 is 0 Å². The van der Waals surface area contributed by atoms with Crippen molar-refractivity contribution in [3.63, 3.8) is 0 Å². The zero-order chi connectivity index (χ0) is 12.1. The number of hydrogen-bond donors (Lipinski definition) is 1. The summed E-state index contributed by atoms with van der Waals surface area (Å²) in [4.78, 5) is 13.4. The van der Waals surface area contributed by atoms with Gasteiger partial charge in [-0.2, -0.15) is 0 Å². The van der Waals surface area contributed by atoms with E-state index in [9.17, 15) is 4.79 Å². The minimum atomic E-state index is -0.586. The molecule has 0 radical (unpaired) electrons. The van der Waals surface area contributed by atoms with Crippen LogP contribution in [0.3, 0.4) is 0 Å². The van der Waals surface area contributed by atoms with E-state index in [1.165, 1.54) is 7.11 Å². The smallest absolute Gasteiger partial charge is 0.241 e. The van der Waals surface area contributed by atoms with Crippen LogP contribution in [0.5, 0.6) is 0 Å². The molecular formula is C10H15BrN2O2S. The lowest BCUT2D eigenvalue weighted by atomic mass is 10.2. The van der Waals surface area contributed by atoms with Crippen LogP contribution in [-0.4, -0.2) is 37.6 Å². The van der Waals surface area contributed by atoms with Crippen molar-refractivity contribution >= 4 is 33.2 Å². The molecule has 90 valence electrons. The first-order chi connectivity index (χ1) is 7.54. The van der Waals surface area contributed by atoms with Gasteiger partial charge in [0.1, 0.15) is 6.04 Å². The lowest BCUT2D eigenvalue weighted by Crippen LogP contribution is -2.44. The van der Waals surface area contributed by atoms with E-state index in [0.717, 1.165) is 9.35 Å². The Morgan fingerprint density at radius 2 is 2.44 bits per heavy atom. The first kappa shape index (κ1) is 13.6. The third-order valence-electron chi connectivity index (χ3n) is 2.08. The molecule has 6 heteroatoms. The van der Waals surface area contributed by atoms with Gasteiger partial charge in [0, 0.05) is 20.7 Å². The van der Waals surface area contributed by atoms with Gasteiger partial charge < -0.3 is 15.4 Å². The average Bonchev–Trinajstić information content (AvgIpc) is 2.63. The number of carbonyl (C=O) groups excluding carboxylic acids is 1. The Kier molecular flexibility index (Phi) is 5.40. The zero-order valence-corrected chi connectivity index (χ0v) is 11.7. The maximum absolute atomic E-state index is 11.8. The SMILES string of the molecule is COCC(N)C(=O)N(C)Cc1csc(Br)c1. The Labute approximate surface area is 108 Å². The van der Waals surface area contributed by atoms with E-state index in [-0.39, 0.29) is 12.5 Å². The number of thiophene rings is 1. The van der Waals surface area contributed by atoms with Crippen LogP contribution in [0.4, 0.5) is 0 Å².